The summed E-state index contributed by atoms with van der Waals surface area (Å²) < 4.78 is 28.3. The van der Waals surface area contributed by atoms with Crippen LogP contribution in [0.5, 0.6) is 0 Å². The highest BCUT2D eigenvalue weighted by atomic mass is 19.3. The number of hydrogen-bond acceptors (Lipinski definition) is 3. The molecule has 1 saturated heterocycles. The largest absolute Gasteiger partial charge is 0.342 e. The van der Waals surface area contributed by atoms with Crippen LogP contribution in [-0.4, -0.2) is 39.4 Å². The number of nitrogens with zero attached hydrogens (tertiary/aromatic N) is 3. The van der Waals surface area contributed by atoms with Crippen molar-refractivity contribution in [3.05, 3.63) is 40.9 Å². The van der Waals surface area contributed by atoms with Crippen LogP contribution in [0.3, 0.4) is 0 Å². The van der Waals surface area contributed by atoms with Gasteiger partial charge >= 0.3 is 0 Å². The van der Waals surface area contributed by atoms with Crippen molar-refractivity contribution in [3.63, 3.8) is 0 Å². The molecule has 5 nitrogen and oxygen atoms in total. The van der Waals surface area contributed by atoms with E-state index in [1.807, 2.05) is 23.1 Å². The maximum absolute atomic E-state index is 13.3. The van der Waals surface area contributed by atoms with E-state index in [9.17, 15) is 18.4 Å². The number of likely N-dealkylation sites (tertiary alicyclic amines) is 1. The molecule has 1 aliphatic heterocycles. The molecule has 7 heteroatoms. The fourth-order valence-corrected chi connectivity index (χ4v) is 4.40. The van der Waals surface area contributed by atoms with Crippen LogP contribution in [-0.2, 0) is 11.3 Å². The molecule has 2 aromatic rings. The van der Waals surface area contributed by atoms with E-state index in [0.29, 0.717) is 36.5 Å². The molecule has 0 unspecified atom stereocenters. The maximum Gasteiger partial charge on any atom is 0.261 e. The van der Waals surface area contributed by atoms with Crippen molar-refractivity contribution in [2.24, 2.45) is 11.8 Å². The van der Waals surface area contributed by atoms with Gasteiger partial charge in [-0.3, -0.25) is 14.2 Å². The third-order valence-electron chi connectivity index (χ3n) is 6.18. The molecule has 1 saturated carbocycles. The molecule has 4 rings (SSSR count). The molecule has 0 bridgehead atoms. The van der Waals surface area contributed by atoms with E-state index >= 15 is 0 Å². The van der Waals surface area contributed by atoms with E-state index in [1.165, 1.54) is 0 Å². The number of aromatic nitrogens is 2. The molecule has 1 aromatic heterocycles. The Hall–Kier alpha value is -2.31. The smallest absolute Gasteiger partial charge is 0.261 e. The minimum atomic E-state index is -2.61. The molecule has 0 radical (unpaired) electrons. The van der Waals surface area contributed by atoms with Crippen molar-refractivity contribution in [2.45, 2.75) is 51.0 Å². The number of carbonyl (C=O) groups excluding carboxylic acids is 1. The lowest BCUT2D eigenvalue weighted by Crippen LogP contribution is -2.44. The summed E-state index contributed by atoms with van der Waals surface area (Å²) in [5, 5.41) is 0.617. The zero-order chi connectivity index (χ0) is 19.7. The molecule has 2 heterocycles. The Bertz CT molecular complexity index is 909. The number of hydrogen-bond donors (Lipinski definition) is 0. The van der Waals surface area contributed by atoms with Gasteiger partial charge in [0.05, 0.1) is 17.2 Å². The van der Waals surface area contributed by atoms with Crippen LogP contribution in [0.25, 0.3) is 10.9 Å². The molecule has 1 amide bonds. The van der Waals surface area contributed by atoms with Crippen LogP contribution < -0.4 is 5.56 Å². The normalized spacial score (nSPS) is 21.1. The van der Waals surface area contributed by atoms with Gasteiger partial charge in [-0.2, -0.15) is 0 Å². The Labute approximate surface area is 162 Å². The first-order valence-electron chi connectivity index (χ1n) is 10.0. The fraction of sp³-hybridized carbons (Fsp3) is 0.571. The summed E-state index contributed by atoms with van der Waals surface area (Å²) in [7, 11) is 0. The first kappa shape index (κ1) is 19.0. The number of amides is 1. The standard InChI is InChI=1S/C21H25F2N3O2/c22-21(23)9-5-16(6-10-21)19(27)25-11-7-15(8-12-25)13-26-14-24-18-4-2-1-3-17(18)20(26)28/h1-4,14-16H,5-13H2. The quantitative estimate of drug-likeness (QED) is 0.808. The number of rotatable bonds is 3. The van der Waals surface area contributed by atoms with Crippen LogP contribution in [0, 0.1) is 11.8 Å². The minimum absolute atomic E-state index is 0.0264. The van der Waals surface area contributed by atoms with Gasteiger partial charge < -0.3 is 4.90 Å². The molecule has 0 atom stereocenters. The Kier molecular flexibility index (Phi) is 5.17. The third-order valence-corrected chi connectivity index (χ3v) is 6.18. The average molecular weight is 389 g/mol. The van der Waals surface area contributed by atoms with Crippen LogP contribution in [0.15, 0.2) is 35.4 Å². The third kappa shape index (κ3) is 3.93. The van der Waals surface area contributed by atoms with Gasteiger partial charge in [0.15, 0.2) is 0 Å². The second-order valence-corrected chi connectivity index (χ2v) is 8.12. The molecular weight excluding hydrogens is 364 g/mol. The van der Waals surface area contributed by atoms with Gasteiger partial charge in [0.1, 0.15) is 0 Å². The van der Waals surface area contributed by atoms with E-state index in [4.69, 9.17) is 0 Å². The lowest BCUT2D eigenvalue weighted by atomic mass is 9.85. The summed E-state index contributed by atoms with van der Waals surface area (Å²) in [6.45, 7) is 1.85. The number of para-hydroxylation sites is 1. The Morgan fingerprint density at radius 3 is 2.50 bits per heavy atom. The molecule has 28 heavy (non-hydrogen) atoms. The van der Waals surface area contributed by atoms with Gasteiger partial charge in [-0.1, -0.05) is 12.1 Å². The van der Waals surface area contributed by atoms with E-state index < -0.39 is 5.92 Å². The lowest BCUT2D eigenvalue weighted by molar-refractivity contribution is -0.141. The highest BCUT2D eigenvalue weighted by Crippen LogP contribution is 2.37. The van der Waals surface area contributed by atoms with Crippen molar-refractivity contribution >= 4 is 16.8 Å². The van der Waals surface area contributed by atoms with Gasteiger partial charge in [-0.05, 0) is 43.7 Å². The second-order valence-electron chi connectivity index (χ2n) is 8.12. The summed E-state index contributed by atoms with van der Waals surface area (Å²) in [6.07, 6.45) is 3.43. The van der Waals surface area contributed by atoms with Gasteiger partial charge in [0.2, 0.25) is 11.8 Å². The predicted octanol–water partition coefficient (Wildman–Crippen LogP) is 3.46. The fourth-order valence-electron chi connectivity index (χ4n) is 4.40. The summed E-state index contributed by atoms with van der Waals surface area (Å²) in [6, 6.07) is 7.31. The molecule has 2 fully saturated rings. The average Bonchev–Trinajstić information content (AvgIpc) is 2.70. The molecular formula is C21H25F2N3O2. The van der Waals surface area contributed by atoms with Crippen LogP contribution in [0.4, 0.5) is 8.78 Å². The number of alkyl halides is 2. The first-order valence-corrected chi connectivity index (χ1v) is 10.0. The van der Waals surface area contributed by atoms with Crippen molar-refractivity contribution in [2.75, 3.05) is 13.1 Å². The van der Waals surface area contributed by atoms with Crippen LogP contribution >= 0.6 is 0 Å². The maximum atomic E-state index is 13.3. The highest BCUT2D eigenvalue weighted by Gasteiger charge is 2.39. The SMILES string of the molecule is O=C(C1CCC(F)(F)CC1)N1CCC(Cn2cnc3ccccc3c2=O)CC1. The van der Waals surface area contributed by atoms with E-state index in [0.717, 1.165) is 12.8 Å². The van der Waals surface area contributed by atoms with Crippen LogP contribution in [0.1, 0.15) is 38.5 Å². The zero-order valence-corrected chi connectivity index (χ0v) is 15.8. The highest BCUT2D eigenvalue weighted by molar-refractivity contribution is 5.79. The molecule has 150 valence electrons. The zero-order valence-electron chi connectivity index (χ0n) is 15.8. The molecule has 2 aliphatic rings. The molecule has 1 aliphatic carbocycles. The van der Waals surface area contributed by atoms with Crippen molar-refractivity contribution in [1.82, 2.24) is 14.5 Å². The Balaban J connectivity index is 1.34. The van der Waals surface area contributed by atoms with Crippen molar-refractivity contribution < 1.29 is 13.6 Å². The Morgan fingerprint density at radius 2 is 1.79 bits per heavy atom. The Morgan fingerprint density at radius 1 is 1.11 bits per heavy atom. The number of carbonyl (C=O) groups is 1. The summed E-state index contributed by atoms with van der Waals surface area (Å²) in [5.41, 5.74) is 0.662. The van der Waals surface area contributed by atoms with Crippen LogP contribution in [0.2, 0.25) is 0 Å². The molecule has 0 spiro atoms. The van der Waals surface area contributed by atoms with Crippen molar-refractivity contribution in [3.8, 4) is 0 Å². The summed E-state index contributed by atoms with van der Waals surface area (Å²) in [5.74, 6) is -2.53. The first-order chi connectivity index (χ1) is 13.4. The lowest BCUT2D eigenvalue weighted by Gasteiger charge is -2.36. The van der Waals surface area contributed by atoms with Gasteiger partial charge in [-0.25, -0.2) is 13.8 Å². The van der Waals surface area contributed by atoms with Gasteiger partial charge in [0, 0.05) is 38.4 Å². The summed E-state index contributed by atoms with van der Waals surface area (Å²) in [4.78, 5) is 31.5. The summed E-state index contributed by atoms with van der Waals surface area (Å²) >= 11 is 0. The van der Waals surface area contributed by atoms with Gasteiger partial charge in [0.25, 0.3) is 5.56 Å². The second kappa shape index (κ2) is 7.60. The monoisotopic (exact) mass is 389 g/mol. The topological polar surface area (TPSA) is 55.2 Å². The number of halogens is 2. The van der Waals surface area contributed by atoms with E-state index in [1.54, 1.807) is 17.0 Å². The molecule has 0 N–H and O–H groups in total. The number of fused-ring (bicyclic) bond motifs is 1. The van der Waals surface area contributed by atoms with Gasteiger partial charge in [-0.15, -0.1) is 0 Å². The number of benzene rings is 1. The van der Waals surface area contributed by atoms with Crippen molar-refractivity contribution in [1.29, 1.82) is 0 Å². The van der Waals surface area contributed by atoms with E-state index in [-0.39, 0.29) is 43.1 Å². The minimum Gasteiger partial charge on any atom is -0.342 e. The number of piperidine rings is 1. The predicted molar refractivity (Wildman–Crippen MR) is 102 cm³/mol. The van der Waals surface area contributed by atoms with E-state index in [2.05, 4.69) is 4.98 Å². The molecule has 1 aromatic carbocycles.